The van der Waals surface area contributed by atoms with Crippen molar-refractivity contribution in [2.45, 2.75) is 53.0 Å². The molecule has 1 aromatic rings. The number of hydrogen-bond acceptors (Lipinski definition) is 3. The Morgan fingerprint density at radius 1 is 1.38 bits per heavy atom. The molecule has 0 bridgehead atoms. The zero-order chi connectivity index (χ0) is 12.0. The highest BCUT2D eigenvalue weighted by molar-refractivity contribution is 7.09. The van der Waals surface area contributed by atoms with Crippen LogP contribution in [0.3, 0.4) is 0 Å². The van der Waals surface area contributed by atoms with Gasteiger partial charge in [0.2, 0.25) is 0 Å². The fourth-order valence-corrected chi connectivity index (χ4v) is 2.54. The number of thiazole rings is 1. The van der Waals surface area contributed by atoms with E-state index in [1.54, 1.807) is 11.3 Å². The normalized spacial score (nSPS) is 13.3. The molecule has 0 aliphatic rings. The Bertz CT molecular complexity index is 294. The first-order valence-electron chi connectivity index (χ1n) is 6.28. The van der Waals surface area contributed by atoms with E-state index in [2.05, 4.69) is 43.4 Å². The van der Waals surface area contributed by atoms with Crippen molar-refractivity contribution < 1.29 is 0 Å². The van der Waals surface area contributed by atoms with Gasteiger partial charge in [0.1, 0.15) is 0 Å². The van der Waals surface area contributed by atoms with Crippen LogP contribution in [0.1, 0.15) is 56.8 Å². The molecular weight excluding hydrogens is 216 g/mol. The standard InChI is InChI=1S/C13H24N2S/c1-5-14-12(8-6-7-10(2)3)13-9-16-11(4)15-13/h9-10,12,14H,5-8H2,1-4H3. The predicted octanol–water partition coefficient (Wildman–Crippen LogP) is 3.93. The van der Waals surface area contributed by atoms with Crippen LogP contribution in [0.15, 0.2) is 5.38 Å². The van der Waals surface area contributed by atoms with Crippen molar-refractivity contribution in [3.8, 4) is 0 Å². The molecule has 16 heavy (non-hydrogen) atoms. The second kappa shape index (κ2) is 7.02. The highest BCUT2D eigenvalue weighted by Crippen LogP contribution is 2.22. The summed E-state index contributed by atoms with van der Waals surface area (Å²) in [5.41, 5.74) is 1.23. The van der Waals surface area contributed by atoms with Crippen molar-refractivity contribution in [2.75, 3.05) is 6.54 Å². The molecule has 1 N–H and O–H groups in total. The fourth-order valence-electron chi connectivity index (χ4n) is 1.87. The van der Waals surface area contributed by atoms with E-state index in [-0.39, 0.29) is 0 Å². The molecule has 1 rings (SSSR count). The smallest absolute Gasteiger partial charge is 0.0898 e. The molecule has 1 aromatic heterocycles. The first-order valence-corrected chi connectivity index (χ1v) is 7.16. The van der Waals surface area contributed by atoms with Crippen LogP contribution in [0.5, 0.6) is 0 Å². The lowest BCUT2D eigenvalue weighted by molar-refractivity contribution is 0.449. The fraction of sp³-hybridized carbons (Fsp3) is 0.769. The monoisotopic (exact) mass is 240 g/mol. The SMILES string of the molecule is CCNC(CCCC(C)C)c1csc(C)n1. The van der Waals surface area contributed by atoms with E-state index >= 15 is 0 Å². The summed E-state index contributed by atoms with van der Waals surface area (Å²) in [5.74, 6) is 0.805. The topological polar surface area (TPSA) is 24.9 Å². The van der Waals surface area contributed by atoms with Crippen molar-refractivity contribution in [3.63, 3.8) is 0 Å². The lowest BCUT2D eigenvalue weighted by atomic mass is 10.0. The maximum Gasteiger partial charge on any atom is 0.0898 e. The maximum atomic E-state index is 4.58. The molecule has 3 heteroatoms. The van der Waals surface area contributed by atoms with Crippen molar-refractivity contribution in [3.05, 3.63) is 16.1 Å². The van der Waals surface area contributed by atoms with E-state index in [0.29, 0.717) is 6.04 Å². The van der Waals surface area contributed by atoms with Crippen LogP contribution in [0.4, 0.5) is 0 Å². The van der Waals surface area contributed by atoms with E-state index in [9.17, 15) is 0 Å². The molecule has 0 radical (unpaired) electrons. The van der Waals surface area contributed by atoms with Crippen LogP contribution in [-0.2, 0) is 0 Å². The molecule has 1 heterocycles. The highest BCUT2D eigenvalue weighted by atomic mass is 32.1. The summed E-state index contributed by atoms with van der Waals surface area (Å²) in [7, 11) is 0. The molecular formula is C13H24N2S. The molecule has 1 atom stereocenters. The minimum Gasteiger partial charge on any atom is -0.309 e. The van der Waals surface area contributed by atoms with Gasteiger partial charge in [0.05, 0.1) is 16.7 Å². The quantitative estimate of drug-likeness (QED) is 0.781. The maximum absolute atomic E-state index is 4.58. The van der Waals surface area contributed by atoms with Gasteiger partial charge < -0.3 is 5.32 Å². The van der Waals surface area contributed by atoms with E-state index in [1.165, 1.54) is 30.0 Å². The van der Waals surface area contributed by atoms with Crippen LogP contribution in [0, 0.1) is 12.8 Å². The van der Waals surface area contributed by atoms with Crippen molar-refractivity contribution in [1.29, 1.82) is 0 Å². The molecule has 0 aliphatic carbocycles. The lowest BCUT2D eigenvalue weighted by Gasteiger charge is -2.16. The second-order valence-corrected chi connectivity index (χ2v) is 5.79. The molecule has 0 spiro atoms. The molecule has 0 aromatic carbocycles. The van der Waals surface area contributed by atoms with Crippen molar-refractivity contribution in [1.82, 2.24) is 10.3 Å². The molecule has 0 aliphatic heterocycles. The van der Waals surface area contributed by atoms with Gasteiger partial charge in [0, 0.05) is 5.38 Å². The van der Waals surface area contributed by atoms with Crippen molar-refractivity contribution in [2.24, 2.45) is 5.92 Å². The largest absolute Gasteiger partial charge is 0.309 e. The van der Waals surface area contributed by atoms with Crippen LogP contribution >= 0.6 is 11.3 Å². The molecule has 0 saturated carbocycles. The van der Waals surface area contributed by atoms with Crippen LogP contribution in [0.25, 0.3) is 0 Å². The third-order valence-corrected chi connectivity index (χ3v) is 3.51. The molecule has 0 saturated heterocycles. The van der Waals surface area contributed by atoms with Gasteiger partial charge in [-0.2, -0.15) is 0 Å². The Balaban J connectivity index is 2.47. The van der Waals surface area contributed by atoms with Gasteiger partial charge in [-0.3, -0.25) is 0 Å². The van der Waals surface area contributed by atoms with Gasteiger partial charge in [0.25, 0.3) is 0 Å². The van der Waals surface area contributed by atoms with E-state index in [1.807, 2.05) is 0 Å². The second-order valence-electron chi connectivity index (χ2n) is 4.73. The summed E-state index contributed by atoms with van der Waals surface area (Å²) in [6.45, 7) is 9.83. The van der Waals surface area contributed by atoms with Gasteiger partial charge in [0.15, 0.2) is 0 Å². The first-order chi connectivity index (χ1) is 7.63. The Morgan fingerprint density at radius 3 is 2.62 bits per heavy atom. The van der Waals surface area contributed by atoms with E-state index in [0.717, 1.165) is 12.5 Å². The van der Waals surface area contributed by atoms with Crippen molar-refractivity contribution >= 4 is 11.3 Å². The van der Waals surface area contributed by atoms with E-state index < -0.39 is 0 Å². The number of nitrogens with one attached hydrogen (secondary N) is 1. The zero-order valence-corrected chi connectivity index (χ0v) is 11.7. The molecule has 0 fully saturated rings. The summed E-state index contributed by atoms with van der Waals surface area (Å²) in [4.78, 5) is 4.58. The summed E-state index contributed by atoms with van der Waals surface area (Å²) in [6.07, 6.45) is 3.80. The van der Waals surface area contributed by atoms with Gasteiger partial charge >= 0.3 is 0 Å². The van der Waals surface area contributed by atoms with Gasteiger partial charge in [-0.1, -0.05) is 33.6 Å². The third-order valence-electron chi connectivity index (χ3n) is 2.72. The van der Waals surface area contributed by atoms with Crippen LogP contribution in [0.2, 0.25) is 0 Å². The zero-order valence-electron chi connectivity index (χ0n) is 10.9. The summed E-state index contributed by atoms with van der Waals surface area (Å²) >= 11 is 1.75. The molecule has 92 valence electrons. The third kappa shape index (κ3) is 4.62. The lowest BCUT2D eigenvalue weighted by Crippen LogP contribution is -2.21. The minimum absolute atomic E-state index is 0.452. The number of aromatic nitrogens is 1. The first kappa shape index (κ1) is 13.7. The number of rotatable bonds is 7. The van der Waals surface area contributed by atoms with Gasteiger partial charge in [-0.25, -0.2) is 4.98 Å². The number of aryl methyl sites for hydroxylation is 1. The summed E-state index contributed by atoms with van der Waals surface area (Å²) in [6, 6.07) is 0.452. The Hall–Kier alpha value is -0.410. The van der Waals surface area contributed by atoms with Gasteiger partial charge in [-0.15, -0.1) is 11.3 Å². The van der Waals surface area contributed by atoms with E-state index in [4.69, 9.17) is 0 Å². The highest BCUT2D eigenvalue weighted by Gasteiger charge is 2.12. The summed E-state index contributed by atoms with van der Waals surface area (Å²) < 4.78 is 0. The summed E-state index contributed by atoms with van der Waals surface area (Å²) in [5, 5.41) is 6.89. The van der Waals surface area contributed by atoms with Crippen LogP contribution in [-0.4, -0.2) is 11.5 Å². The Kier molecular flexibility index (Phi) is 5.99. The average Bonchev–Trinajstić information content (AvgIpc) is 2.63. The average molecular weight is 240 g/mol. The van der Waals surface area contributed by atoms with Gasteiger partial charge in [-0.05, 0) is 25.8 Å². The molecule has 2 nitrogen and oxygen atoms in total. The number of hydrogen-bond donors (Lipinski definition) is 1. The van der Waals surface area contributed by atoms with Crippen LogP contribution < -0.4 is 5.32 Å². The Morgan fingerprint density at radius 2 is 2.12 bits per heavy atom. The Labute approximate surface area is 103 Å². The molecule has 0 amide bonds. The number of nitrogens with zero attached hydrogens (tertiary/aromatic N) is 1. The molecule has 1 unspecified atom stereocenters. The predicted molar refractivity (Wildman–Crippen MR) is 72.0 cm³/mol. The minimum atomic E-state index is 0.452.